The number of aliphatic hydroxyl groups excluding tert-OH is 1. The van der Waals surface area contributed by atoms with Gasteiger partial charge in [0.1, 0.15) is 0 Å². The van der Waals surface area contributed by atoms with E-state index in [9.17, 15) is 5.11 Å². The first-order chi connectivity index (χ1) is 9.34. The first-order valence-corrected chi connectivity index (χ1v) is 7.42. The first-order valence-electron chi connectivity index (χ1n) is 7.42. The molecule has 1 fully saturated rings. The predicted molar refractivity (Wildman–Crippen MR) is 76.9 cm³/mol. The molecule has 0 radical (unpaired) electrons. The molecule has 0 aliphatic heterocycles. The van der Waals surface area contributed by atoms with Gasteiger partial charge < -0.3 is 9.67 Å². The van der Waals surface area contributed by atoms with Gasteiger partial charge in [0.05, 0.1) is 30.0 Å². The summed E-state index contributed by atoms with van der Waals surface area (Å²) in [6, 6.07) is 8.12. The molecular weight excluding hydrogens is 236 g/mol. The summed E-state index contributed by atoms with van der Waals surface area (Å²) in [6.07, 6.45) is 9.16. The zero-order valence-corrected chi connectivity index (χ0v) is 11.3. The standard InChI is InChI=1S/C16H22N2O/c19-16(13-7-3-1-2-4-8-13)11-18-12-17-14-9-5-6-10-15(14)18/h5-6,9-10,12-13,16,19H,1-4,7-8,11H2. The Hall–Kier alpha value is -1.35. The molecule has 0 saturated heterocycles. The van der Waals surface area contributed by atoms with Gasteiger partial charge in [-0.2, -0.15) is 0 Å². The van der Waals surface area contributed by atoms with Gasteiger partial charge in [0.15, 0.2) is 0 Å². The molecule has 102 valence electrons. The molecule has 0 spiro atoms. The molecule has 1 aliphatic carbocycles. The molecule has 1 atom stereocenters. The van der Waals surface area contributed by atoms with Gasteiger partial charge in [-0.3, -0.25) is 0 Å². The van der Waals surface area contributed by atoms with Gasteiger partial charge in [0.25, 0.3) is 0 Å². The van der Waals surface area contributed by atoms with Crippen molar-refractivity contribution in [2.45, 2.75) is 51.2 Å². The van der Waals surface area contributed by atoms with Crippen LogP contribution in [0.5, 0.6) is 0 Å². The van der Waals surface area contributed by atoms with Crippen LogP contribution in [0.3, 0.4) is 0 Å². The van der Waals surface area contributed by atoms with Crippen LogP contribution in [0.25, 0.3) is 11.0 Å². The van der Waals surface area contributed by atoms with E-state index in [4.69, 9.17) is 0 Å². The lowest BCUT2D eigenvalue weighted by Crippen LogP contribution is -2.25. The lowest BCUT2D eigenvalue weighted by Gasteiger charge is -2.21. The van der Waals surface area contributed by atoms with Gasteiger partial charge in [-0.1, -0.05) is 37.8 Å². The van der Waals surface area contributed by atoms with E-state index in [1.165, 1.54) is 38.5 Å². The quantitative estimate of drug-likeness (QED) is 0.857. The number of aromatic nitrogens is 2. The van der Waals surface area contributed by atoms with Crippen LogP contribution in [0.2, 0.25) is 0 Å². The van der Waals surface area contributed by atoms with E-state index < -0.39 is 0 Å². The monoisotopic (exact) mass is 258 g/mol. The first kappa shape index (κ1) is 12.7. The fourth-order valence-electron chi connectivity index (χ4n) is 3.20. The smallest absolute Gasteiger partial charge is 0.0959 e. The number of hydrogen-bond donors (Lipinski definition) is 1. The van der Waals surface area contributed by atoms with Crippen molar-refractivity contribution >= 4 is 11.0 Å². The van der Waals surface area contributed by atoms with E-state index in [-0.39, 0.29) is 6.10 Å². The average molecular weight is 258 g/mol. The minimum Gasteiger partial charge on any atom is -0.391 e. The summed E-state index contributed by atoms with van der Waals surface area (Å²) in [5.74, 6) is 0.462. The Balaban J connectivity index is 1.73. The van der Waals surface area contributed by atoms with Crippen molar-refractivity contribution in [1.29, 1.82) is 0 Å². The van der Waals surface area contributed by atoms with E-state index in [2.05, 4.69) is 15.6 Å². The van der Waals surface area contributed by atoms with E-state index in [0.29, 0.717) is 12.5 Å². The maximum Gasteiger partial charge on any atom is 0.0959 e. The highest BCUT2D eigenvalue weighted by atomic mass is 16.3. The van der Waals surface area contributed by atoms with Crippen molar-refractivity contribution in [2.75, 3.05) is 0 Å². The predicted octanol–water partition coefficient (Wildman–Crippen LogP) is 3.37. The number of rotatable bonds is 3. The summed E-state index contributed by atoms with van der Waals surface area (Å²) in [7, 11) is 0. The maximum atomic E-state index is 10.5. The molecule has 2 aromatic rings. The summed E-state index contributed by atoms with van der Waals surface area (Å²) in [4.78, 5) is 4.39. The summed E-state index contributed by atoms with van der Waals surface area (Å²) >= 11 is 0. The SMILES string of the molecule is OC(Cn1cnc2ccccc21)C1CCCCCC1. The molecule has 3 rings (SSSR count). The van der Waals surface area contributed by atoms with E-state index in [1.807, 2.05) is 24.5 Å². The lowest BCUT2D eigenvalue weighted by molar-refractivity contribution is 0.0828. The topological polar surface area (TPSA) is 38.0 Å². The van der Waals surface area contributed by atoms with Gasteiger partial charge in [0, 0.05) is 0 Å². The number of fused-ring (bicyclic) bond motifs is 1. The van der Waals surface area contributed by atoms with Crippen LogP contribution in [-0.4, -0.2) is 20.8 Å². The highest BCUT2D eigenvalue weighted by Gasteiger charge is 2.21. The third-order valence-corrected chi connectivity index (χ3v) is 4.36. The molecule has 3 nitrogen and oxygen atoms in total. The van der Waals surface area contributed by atoms with Crippen LogP contribution in [0, 0.1) is 5.92 Å². The van der Waals surface area contributed by atoms with Crippen molar-refractivity contribution in [3.05, 3.63) is 30.6 Å². The second-order valence-corrected chi connectivity index (χ2v) is 5.70. The number of nitrogens with zero attached hydrogens (tertiary/aromatic N) is 2. The minimum absolute atomic E-state index is 0.240. The second-order valence-electron chi connectivity index (χ2n) is 5.70. The molecule has 1 N–H and O–H groups in total. The highest BCUT2D eigenvalue weighted by Crippen LogP contribution is 2.26. The molecular formula is C16H22N2O. The Morgan fingerprint density at radius 1 is 1.16 bits per heavy atom. The number of benzene rings is 1. The Bertz CT molecular complexity index is 526. The summed E-state index contributed by atoms with van der Waals surface area (Å²) < 4.78 is 2.09. The zero-order valence-electron chi connectivity index (χ0n) is 11.3. The molecule has 0 bridgehead atoms. The Labute approximate surface area is 114 Å². The number of para-hydroxylation sites is 2. The molecule has 1 unspecified atom stereocenters. The van der Waals surface area contributed by atoms with Crippen LogP contribution in [0.15, 0.2) is 30.6 Å². The Kier molecular flexibility index (Phi) is 3.83. The fourth-order valence-corrected chi connectivity index (χ4v) is 3.20. The van der Waals surface area contributed by atoms with Crippen molar-refractivity contribution in [3.63, 3.8) is 0 Å². The summed E-state index contributed by atoms with van der Waals surface area (Å²) in [6.45, 7) is 0.672. The summed E-state index contributed by atoms with van der Waals surface area (Å²) in [5.41, 5.74) is 2.13. The van der Waals surface area contributed by atoms with Crippen molar-refractivity contribution in [1.82, 2.24) is 9.55 Å². The molecule has 1 aromatic carbocycles. The largest absolute Gasteiger partial charge is 0.391 e. The van der Waals surface area contributed by atoms with Crippen molar-refractivity contribution in [2.24, 2.45) is 5.92 Å². The second kappa shape index (κ2) is 5.74. The van der Waals surface area contributed by atoms with Crippen LogP contribution in [0.4, 0.5) is 0 Å². The minimum atomic E-state index is -0.240. The van der Waals surface area contributed by atoms with Crippen molar-refractivity contribution in [3.8, 4) is 0 Å². The molecule has 1 saturated carbocycles. The zero-order chi connectivity index (χ0) is 13.1. The summed E-state index contributed by atoms with van der Waals surface area (Å²) in [5, 5.41) is 10.5. The molecule has 0 amide bonds. The van der Waals surface area contributed by atoms with Crippen LogP contribution in [0.1, 0.15) is 38.5 Å². The average Bonchev–Trinajstić information content (AvgIpc) is 2.66. The fraction of sp³-hybridized carbons (Fsp3) is 0.562. The van der Waals surface area contributed by atoms with Crippen molar-refractivity contribution < 1.29 is 5.11 Å². The third kappa shape index (κ3) is 2.81. The maximum absolute atomic E-state index is 10.5. The normalized spacial score (nSPS) is 19.4. The molecule has 19 heavy (non-hydrogen) atoms. The molecule has 3 heteroatoms. The van der Waals surface area contributed by atoms with Gasteiger partial charge in [0.2, 0.25) is 0 Å². The Morgan fingerprint density at radius 3 is 2.68 bits per heavy atom. The number of hydrogen-bond acceptors (Lipinski definition) is 2. The van der Waals surface area contributed by atoms with Gasteiger partial charge in [-0.25, -0.2) is 4.98 Å². The lowest BCUT2D eigenvalue weighted by atomic mass is 9.94. The molecule has 1 aromatic heterocycles. The highest BCUT2D eigenvalue weighted by molar-refractivity contribution is 5.74. The van der Waals surface area contributed by atoms with E-state index in [1.54, 1.807) is 0 Å². The third-order valence-electron chi connectivity index (χ3n) is 4.36. The Morgan fingerprint density at radius 2 is 1.89 bits per heavy atom. The van der Waals surface area contributed by atoms with Crippen LogP contribution < -0.4 is 0 Å². The number of aliphatic hydroxyl groups is 1. The van der Waals surface area contributed by atoms with E-state index in [0.717, 1.165) is 11.0 Å². The number of imidazole rings is 1. The van der Waals surface area contributed by atoms with Crippen LogP contribution >= 0.6 is 0 Å². The van der Waals surface area contributed by atoms with Gasteiger partial charge in [-0.15, -0.1) is 0 Å². The van der Waals surface area contributed by atoms with Gasteiger partial charge in [-0.05, 0) is 30.9 Å². The van der Waals surface area contributed by atoms with E-state index >= 15 is 0 Å². The molecule has 1 aliphatic rings. The van der Waals surface area contributed by atoms with Crippen LogP contribution in [-0.2, 0) is 6.54 Å². The molecule has 1 heterocycles. The van der Waals surface area contributed by atoms with Gasteiger partial charge >= 0.3 is 0 Å².